The number of nitrogens with zero attached hydrogens (tertiary/aromatic N) is 2. The Morgan fingerprint density at radius 3 is 2.29 bits per heavy atom. The van der Waals surface area contributed by atoms with Crippen LogP contribution in [-0.2, 0) is 4.79 Å². The minimum atomic E-state index is -1.10. The molecule has 1 heterocycles. The number of nitrogens with two attached hydrogens (primary N) is 1. The molecule has 1 unspecified atom stereocenters. The predicted molar refractivity (Wildman–Crippen MR) is 60.4 cm³/mol. The van der Waals surface area contributed by atoms with E-state index < -0.39 is 18.1 Å². The van der Waals surface area contributed by atoms with E-state index in [-0.39, 0.29) is 13.0 Å². The van der Waals surface area contributed by atoms with Gasteiger partial charge in [0.05, 0.1) is 0 Å². The van der Waals surface area contributed by atoms with Crippen LogP contribution in [0.25, 0.3) is 0 Å². The molecule has 0 spiro atoms. The molecule has 1 aliphatic heterocycles. The van der Waals surface area contributed by atoms with E-state index in [1.54, 1.807) is 5.01 Å². The molecule has 0 aromatic carbocycles. The fourth-order valence-corrected chi connectivity index (χ4v) is 1.86. The van der Waals surface area contributed by atoms with Gasteiger partial charge in [-0.05, 0) is 19.3 Å². The van der Waals surface area contributed by atoms with Crippen LogP contribution in [0.5, 0.6) is 0 Å². The molecule has 0 aromatic heterocycles. The first-order chi connectivity index (χ1) is 8.02. The molecule has 7 heteroatoms. The third kappa shape index (κ3) is 4.20. The molecule has 1 fully saturated rings. The summed E-state index contributed by atoms with van der Waals surface area (Å²) in [5, 5.41) is 20.6. The second-order valence-electron chi connectivity index (χ2n) is 4.15. The number of hydrazine groups is 1. The molecule has 0 bridgehead atoms. The van der Waals surface area contributed by atoms with Gasteiger partial charge in [-0.1, -0.05) is 6.42 Å². The number of piperidine rings is 1. The first kappa shape index (κ1) is 13.7. The molecule has 0 saturated carbocycles. The molecule has 1 aliphatic rings. The Kier molecular flexibility index (Phi) is 5.17. The van der Waals surface area contributed by atoms with Gasteiger partial charge in [-0.3, -0.25) is 4.79 Å². The molecule has 17 heavy (non-hydrogen) atoms. The average molecular weight is 245 g/mol. The molecule has 7 nitrogen and oxygen atoms in total. The van der Waals surface area contributed by atoms with Gasteiger partial charge in [0.15, 0.2) is 0 Å². The first-order valence-corrected chi connectivity index (χ1v) is 5.76. The number of carboxylic acids is 1. The van der Waals surface area contributed by atoms with Crippen molar-refractivity contribution in [3.8, 4) is 0 Å². The van der Waals surface area contributed by atoms with E-state index in [1.165, 1.54) is 5.01 Å². The smallest absolute Gasteiger partial charge is 0.421 e. The first-order valence-electron chi connectivity index (χ1n) is 5.76. The topological polar surface area (TPSA) is 107 Å². The number of hydrogen-bond acceptors (Lipinski definition) is 4. The lowest BCUT2D eigenvalue weighted by Crippen LogP contribution is -2.50. The fraction of sp³-hybridized carbons (Fsp3) is 0.800. The molecule has 1 saturated heterocycles. The summed E-state index contributed by atoms with van der Waals surface area (Å²) >= 11 is 0. The van der Waals surface area contributed by atoms with Crippen LogP contribution in [0.15, 0.2) is 0 Å². The Labute approximate surface area is 99.8 Å². The lowest BCUT2D eigenvalue weighted by molar-refractivity contribution is -0.139. The van der Waals surface area contributed by atoms with Gasteiger partial charge in [-0.2, -0.15) is 0 Å². The Morgan fingerprint density at radius 2 is 1.82 bits per heavy atom. The van der Waals surface area contributed by atoms with Gasteiger partial charge in [-0.15, -0.1) is 0 Å². The maximum Gasteiger partial charge on any atom is 0.421 e. The minimum absolute atomic E-state index is 0.123. The van der Waals surface area contributed by atoms with Crippen LogP contribution in [-0.4, -0.2) is 58.0 Å². The Hall–Kier alpha value is -1.34. The summed E-state index contributed by atoms with van der Waals surface area (Å²) < 4.78 is 0. The standard InChI is InChI=1S/C10H19N3O4/c11-8(9(14)15)4-7-13(10(16)17)12-5-2-1-3-6-12/h8H,1-7,11H2,(H,14,15)(H,16,17). The summed E-state index contributed by atoms with van der Waals surface area (Å²) in [6.45, 7) is 1.53. The Morgan fingerprint density at radius 1 is 1.24 bits per heavy atom. The van der Waals surface area contributed by atoms with Crippen LogP contribution in [0.2, 0.25) is 0 Å². The van der Waals surface area contributed by atoms with Gasteiger partial charge in [0.25, 0.3) is 0 Å². The van der Waals surface area contributed by atoms with Gasteiger partial charge < -0.3 is 15.9 Å². The van der Waals surface area contributed by atoms with Gasteiger partial charge in [-0.25, -0.2) is 14.8 Å². The molecule has 4 N–H and O–H groups in total. The normalized spacial score (nSPS) is 18.6. The molecule has 1 atom stereocenters. The Bertz CT molecular complexity index is 279. The molecule has 0 radical (unpaired) electrons. The summed E-state index contributed by atoms with van der Waals surface area (Å²) in [5.74, 6) is -1.10. The van der Waals surface area contributed by atoms with Crippen molar-refractivity contribution in [2.75, 3.05) is 19.6 Å². The molecular formula is C10H19N3O4. The number of hydrogen-bond donors (Lipinski definition) is 3. The van der Waals surface area contributed by atoms with Crippen LogP contribution in [0.4, 0.5) is 4.79 Å². The third-order valence-corrected chi connectivity index (χ3v) is 2.86. The second kappa shape index (κ2) is 6.41. The zero-order chi connectivity index (χ0) is 12.8. The molecular weight excluding hydrogens is 226 g/mol. The minimum Gasteiger partial charge on any atom is -0.480 e. The van der Waals surface area contributed by atoms with Gasteiger partial charge in [0.2, 0.25) is 0 Å². The van der Waals surface area contributed by atoms with Gasteiger partial charge in [0.1, 0.15) is 6.04 Å². The fourth-order valence-electron chi connectivity index (χ4n) is 1.86. The number of carbonyl (C=O) groups is 2. The lowest BCUT2D eigenvalue weighted by atomic mass is 10.1. The van der Waals surface area contributed by atoms with E-state index in [4.69, 9.17) is 15.9 Å². The summed E-state index contributed by atoms with van der Waals surface area (Å²) in [6, 6.07) is -1.01. The molecule has 0 aliphatic carbocycles. The van der Waals surface area contributed by atoms with Crippen molar-refractivity contribution in [2.45, 2.75) is 31.7 Å². The summed E-state index contributed by atoms with van der Waals surface area (Å²) in [4.78, 5) is 21.6. The van der Waals surface area contributed by atoms with Crippen molar-refractivity contribution in [2.24, 2.45) is 5.73 Å². The van der Waals surface area contributed by atoms with Crippen molar-refractivity contribution in [3.05, 3.63) is 0 Å². The van der Waals surface area contributed by atoms with Crippen molar-refractivity contribution >= 4 is 12.1 Å². The quantitative estimate of drug-likeness (QED) is 0.637. The zero-order valence-electron chi connectivity index (χ0n) is 9.71. The maximum absolute atomic E-state index is 11.1. The third-order valence-electron chi connectivity index (χ3n) is 2.86. The number of amides is 1. The van der Waals surface area contributed by atoms with Crippen molar-refractivity contribution in [1.29, 1.82) is 0 Å². The Balaban J connectivity index is 2.48. The van der Waals surface area contributed by atoms with E-state index in [2.05, 4.69) is 0 Å². The average Bonchev–Trinajstić information content (AvgIpc) is 2.29. The highest BCUT2D eigenvalue weighted by Crippen LogP contribution is 2.12. The SMILES string of the molecule is NC(CCN(C(=O)O)N1CCCCC1)C(=O)O. The summed E-state index contributed by atoms with van der Waals surface area (Å²) in [5.41, 5.74) is 5.36. The highest BCUT2D eigenvalue weighted by molar-refractivity contribution is 5.73. The van der Waals surface area contributed by atoms with Crippen LogP contribution >= 0.6 is 0 Å². The van der Waals surface area contributed by atoms with E-state index in [9.17, 15) is 9.59 Å². The van der Waals surface area contributed by atoms with Crippen molar-refractivity contribution in [3.63, 3.8) is 0 Å². The number of aliphatic carboxylic acids is 1. The van der Waals surface area contributed by atoms with Crippen molar-refractivity contribution in [1.82, 2.24) is 10.0 Å². The van der Waals surface area contributed by atoms with E-state index in [0.29, 0.717) is 13.1 Å². The van der Waals surface area contributed by atoms with Gasteiger partial charge in [0, 0.05) is 19.6 Å². The van der Waals surface area contributed by atoms with Gasteiger partial charge >= 0.3 is 12.1 Å². The predicted octanol–water partition coefficient (Wildman–Crippen LogP) is 0.169. The van der Waals surface area contributed by atoms with E-state index >= 15 is 0 Å². The number of carboxylic acid groups (broad SMARTS) is 2. The van der Waals surface area contributed by atoms with E-state index in [0.717, 1.165) is 19.3 Å². The van der Waals surface area contributed by atoms with E-state index in [1.807, 2.05) is 0 Å². The van der Waals surface area contributed by atoms with Crippen LogP contribution in [0.1, 0.15) is 25.7 Å². The van der Waals surface area contributed by atoms with Crippen molar-refractivity contribution < 1.29 is 19.8 Å². The van der Waals surface area contributed by atoms with Crippen LogP contribution in [0, 0.1) is 0 Å². The highest BCUT2D eigenvalue weighted by Gasteiger charge is 2.24. The largest absolute Gasteiger partial charge is 0.480 e. The lowest BCUT2D eigenvalue weighted by Gasteiger charge is -2.35. The van der Waals surface area contributed by atoms with Crippen LogP contribution < -0.4 is 5.73 Å². The second-order valence-corrected chi connectivity index (χ2v) is 4.15. The molecule has 0 aromatic rings. The molecule has 1 rings (SSSR count). The molecule has 98 valence electrons. The summed E-state index contributed by atoms with van der Waals surface area (Å²) in [7, 11) is 0. The summed E-state index contributed by atoms with van der Waals surface area (Å²) in [6.07, 6.45) is 2.12. The number of rotatable bonds is 5. The van der Waals surface area contributed by atoms with Crippen LogP contribution in [0.3, 0.4) is 0 Å². The highest BCUT2D eigenvalue weighted by atomic mass is 16.4. The zero-order valence-corrected chi connectivity index (χ0v) is 9.71. The maximum atomic E-state index is 11.1. The monoisotopic (exact) mass is 245 g/mol. The molecule has 1 amide bonds.